The van der Waals surface area contributed by atoms with Gasteiger partial charge >= 0.3 is 0 Å². The van der Waals surface area contributed by atoms with Crippen molar-refractivity contribution in [2.75, 3.05) is 0 Å². The van der Waals surface area contributed by atoms with Gasteiger partial charge in [-0.3, -0.25) is 4.68 Å². The molecule has 0 fully saturated rings. The zero-order valence-corrected chi connectivity index (χ0v) is 10.4. The summed E-state index contributed by atoms with van der Waals surface area (Å²) in [5.74, 6) is 0.327. The SMILES string of the molecule is CCn1ncc(Cl)c1C(O)c1ncc(C)cn1. The number of aliphatic hydroxyl groups excluding tert-OH is 1. The van der Waals surface area contributed by atoms with Crippen molar-refractivity contribution in [3.05, 3.63) is 40.7 Å². The summed E-state index contributed by atoms with van der Waals surface area (Å²) in [5, 5.41) is 14.7. The van der Waals surface area contributed by atoms with Gasteiger partial charge in [0.2, 0.25) is 0 Å². The van der Waals surface area contributed by atoms with Crippen LogP contribution in [0, 0.1) is 6.92 Å². The van der Waals surface area contributed by atoms with Gasteiger partial charge in [0.05, 0.1) is 16.9 Å². The van der Waals surface area contributed by atoms with Crippen molar-refractivity contribution >= 4 is 11.6 Å². The number of aryl methyl sites for hydroxylation is 2. The number of halogens is 1. The summed E-state index contributed by atoms with van der Waals surface area (Å²) < 4.78 is 1.64. The van der Waals surface area contributed by atoms with Crippen LogP contribution < -0.4 is 0 Å². The third kappa shape index (κ3) is 2.30. The quantitative estimate of drug-likeness (QED) is 0.904. The van der Waals surface area contributed by atoms with Gasteiger partial charge in [-0.05, 0) is 19.4 Å². The standard InChI is InChI=1S/C11H13ClN4O/c1-3-16-9(8(12)6-15-16)10(17)11-13-4-7(2)5-14-11/h4-6,10,17H,3H2,1-2H3. The molecular formula is C11H13ClN4O. The molecule has 0 aromatic carbocycles. The van der Waals surface area contributed by atoms with Crippen molar-refractivity contribution in [1.82, 2.24) is 19.7 Å². The van der Waals surface area contributed by atoms with E-state index in [-0.39, 0.29) is 0 Å². The summed E-state index contributed by atoms with van der Waals surface area (Å²) in [7, 11) is 0. The largest absolute Gasteiger partial charge is 0.379 e. The molecule has 0 amide bonds. The number of nitrogens with zero attached hydrogens (tertiary/aromatic N) is 4. The van der Waals surface area contributed by atoms with Crippen LogP contribution in [0.15, 0.2) is 18.6 Å². The Hall–Kier alpha value is -1.46. The summed E-state index contributed by atoms with van der Waals surface area (Å²) >= 11 is 6.00. The molecule has 0 bridgehead atoms. The van der Waals surface area contributed by atoms with Gasteiger partial charge in [-0.1, -0.05) is 11.6 Å². The van der Waals surface area contributed by atoms with E-state index in [0.29, 0.717) is 23.1 Å². The molecule has 0 aliphatic heterocycles. The van der Waals surface area contributed by atoms with Crippen LogP contribution in [0.5, 0.6) is 0 Å². The van der Waals surface area contributed by atoms with E-state index in [1.54, 1.807) is 17.1 Å². The van der Waals surface area contributed by atoms with E-state index in [0.717, 1.165) is 5.56 Å². The second-order valence-electron chi connectivity index (χ2n) is 3.71. The number of aliphatic hydroxyl groups is 1. The van der Waals surface area contributed by atoms with E-state index in [2.05, 4.69) is 15.1 Å². The van der Waals surface area contributed by atoms with Gasteiger partial charge < -0.3 is 5.11 Å². The molecule has 2 aromatic rings. The number of hydrogen-bond donors (Lipinski definition) is 1. The predicted octanol–water partition coefficient (Wildman–Crippen LogP) is 1.74. The first-order chi connectivity index (χ1) is 8.13. The van der Waals surface area contributed by atoms with Gasteiger partial charge in [0.25, 0.3) is 0 Å². The Kier molecular flexibility index (Phi) is 3.40. The molecule has 90 valence electrons. The fourth-order valence-corrected chi connectivity index (χ4v) is 1.81. The summed E-state index contributed by atoms with van der Waals surface area (Å²) in [6, 6.07) is 0. The fraction of sp³-hybridized carbons (Fsp3) is 0.364. The molecule has 0 aliphatic rings. The molecule has 2 aromatic heterocycles. The fourth-order valence-electron chi connectivity index (χ4n) is 1.56. The van der Waals surface area contributed by atoms with E-state index < -0.39 is 6.10 Å². The Morgan fingerprint density at radius 1 is 1.35 bits per heavy atom. The first-order valence-electron chi connectivity index (χ1n) is 5.31. The number of aromatic nitrogens is 4. The topological polar surface area (TPSA) is 63.8 Å². The first-order valence-corrected chi connectivity index (χ1v) is 5.69. The lowest BCUT2D eigenvalue weighted by molar-refractivity contribution is 0.198. The molecule has 0 radical (unpaired) electrons. The Morgan fingerprint density at radius 2 is 2.00 bits per heavy atom. The molecule has 1 atom stereocenters. The molecule has 2 rings (SSSR count). The minimum Gasteiger partial charge on any atom is -0.379 e. The Bertz CT molecular complexity index is 509. The molecule has 6 heteroatoms. The second-order valence-corrected chi connectivity index (χ2v) is 4.12. The lowest BCUT2D eigenvalue weighted by Crippen LogP contribution is -2.12. The maximum Gasteiger partial charge on any atom is 0.163 e. The van der Waals surface area contributed by atoms with Crippen molar-refractivity contribution in [2.24, 2.45) is 0 Å². The third-order valence-corrected chi connectivity index (χ3v) is 2.73. The van der Waals surface area contributed by atoms with Crippen molar-refractivity contribution in [3.8, 4) is 0 Å². The smallest absolute Gasteiger partial charge is 0.163 e. The lowest BCUT2D eigenvalue weighted by atomic mass is 10.2. The van der Waals surface area contributed by atoms with Crippen LogP contribution in [-0.4, -0.2) is 24.9 Å². The van der Waals surface area contributed by atoms with Crippen LogP contribution in [-0.2, 0) is 6.54 Å². The minimum atomic E-state index is -0.953. The highest BCUT2D eigenvalue weighted by atomic mass is 35.5. The van der Waals surface area contributed by atoms with Gasteiger partial charge in [-0.2, -0.15) is 5.10 Å². The highest BCUT2D eigenvalue weighted by Gasteiger charge is 2.21. The molecule has 2 heterocycles. The van der Waals surface area contributed by atoms with Crippen molar-refractivity contribution in [1.29, 1.82) is 0 Å². The number of rotatable bonds is 3. The highest BCUT2D eigenvalue weighted by molar-refractivity contribution is 6.31. The van der Waals surface area contributed by atoms with Gasteiger partial charge in [0.15, 0.2) is 11.9 Å². The molecule has 0 aliphatic carbocycles. The molecule has 5 nitrogen and oxygen atoms in total. The van der Waals surface area contributed by atoms with Crippen molar-refractivity contribution < 1.29 is 5.11 Å². The van der Waals surface area contributed by atoms with Crippen LogP contribution in [0.2, 0.25) is 5.02 Å². The second kappa shape index (κ2) is 4.81. The summed E-state index contributed by atoms with van der Waals surface area (Å²) in [6.45, 7) is 4.44. The van der Waals surface area contributed by atoms with Gasteiger partial charge in [0.1, 0.15) is 0 Å². The van der Waals surface area contributed by atoms with E-state index in [9.17, 15) is 5.11 Å². The average molecular weight is 253 g/mol. The van der Waals surface area contributed by atoms with E-state index >= 15 is 0 Å². The Labute approximate surface area is 104 Å². The average Bonchev–Trinajstić information content (AvgIpc) is 2.70. The van der Waals surface area contributed by atoms with Crippen LogP contribution in [0.3, 0.4) is 0 Å². The number of hydrogen-bond acceptors (Lipinski definition) is 4. The summed E-state index contributed by atoms with van der Waals surface area (Å²) in [4.78, 5) is 8.18. The van der Waals surface area contributed by atoms with E-state index in [1.807, 2.05) is 13.8 Å². The van der Waals surface area contributed by atoms with Crippen molar-refractivity contribution in [2.45, 2.75) is 26.5 Å². The van der Waals surface area contributed by atoms with Crippen molar-refractivity contribution in [3.63, 3.8) is 0 Å². The summed E-state index contributed by atoms with van der Waals surface area (Å²) in [6.07, 6.45) is 3.88. The monoisotopic (exact) mass is 252 g/mol. The van der Waals surface area contributed by atoms with E-state index in [4.69, 9.17) is 11.6 Å². The van der Waals surface area contributed by atoms with Crippen LogP contribution >= 0.6 is 11.6 Å². The maximum absolute atomic E-state index is 10.2. The highest BCUT2D eigenvalue weighted by Crippen LogP contribution is 2.25. The molecule has 0 saturated heterocycles. The van der Waals surface area contributed by atoms with E-state index in [1.165, 1.54) is 6.20 Å². The molecule has 0 saturated carbocycles. The third-order valence-electron chi connectivity index (χ3n) is 2.44. The molecule has 0 spiro atoms. The molecule has 17 heavy (non-hydrogen) atoms. The van der Waals surface area contributed by atoms with Crippen LogP contribution in [0.4, 0.5) is 0 Å². The maximum atomic E-state index is 10.2. The minimum absolute atomic E-state index is 0.327. The Morgan fingerprint density at radius 3 is 2.59 bits per heavy atom. The van der Waals surface area contributed by atoms with Gasteiger partial charge in [-0.25, -0.2) is 9.97 Å². The zero-order valence-electron chi connectivity index (χ0n) is 9.63. The lowest BCUT2D eigenvalue weighted by Gasteiger charge is -2.11. The predicted molar refractivity (Wildman–Crippen MR) is 63.7 cm³/mol. The van der Waals surface area contributed by atoms with Gasteiger partial charge in [-0.15, -0.1) is 0 Å². The molecule has 1 unspecified atom stereocenters. The summed E-state index contributed by atoms with van der Waals surface area (Å²) in [5.41, 5.74) is 1.47. The molecule has 1 N–H and O–H groups in total. The van der Waals surface area contributed by atoms with Crippen LogP contribution in [0.1, 0.15) is 30.1 Å². The molecular weight excluding hydrogens is 240 g/mol. The normalized spacial score (nSPS) is 12.7. The zero-order chi connectivity index (χ0) is 12.4. The Balaban J connectivity index is 2.39. The first kappa shape index (κ1) is 12.0. The van der Waals surface area contributed by atoms with Crippen LogP contribution in [0.25, 0.3) is 0 Å². The van der Waals surface area contributed by atoms with Gasteiger partial charge in [0, 0.05) is 18.9 Å².